The van der Waals surface area contributed by atoms with E-state index in [0.29, 0.717) is 17.5 Å². The van der Waals surface area contributed by atoms with Crippen LogP contribution in [0.3, 0.4) is 0 Å². The van der Waals surface area contributed by atoms with Crippen molar-refractivity contribution < 1.29 is 4.74 Å². The number of ether oxygens (including phenoxy) is 1. The van der Waals surface area contributed by atoms with Gasteiger partial charge in [-0.25, -0.2) is 0 Å². The maximum absolute atomic E-state index is 9.00. The highest BCUT2D eigenvalue weighted by Gasteiger charge is 2.33. The Kier molecular flexibility index (Phi) is 5.27. The number of rotatable bonds is 3. The predicted molar refractivity (Wildman–Crippen MR) is 107 cm³/mol. The Balaban J connectivity index is 1.59. The van der Waals surface area contributed by atoms with E-state index in [9.17, 15) is 0 Å². The van der Waals surface area contributed by atoms with E-state index in [1.807, 2.05) is 24.3 Å². The van der Waals surface area contributed by atoms with Crippen LogP contribution in [0, 0.1) is 17.2 Å². The molecule has 3 nitrogen and oxygen atoms in total. The van der Waals surface area contributed by atoms with E-state index in [1.54, 1.807) is 0 Å². The molecule has 0 amide bonds. The Labute approximate surface area is 161 Å². The molecule has 2 aromatic carbocycles. The van der Waals surface area contributed by atoms with Crippen molar-refractivity contribution in [3.63, 3.8) is 0 Å². The van der Waals surface area contributed by atoms with Crippen LogP contribution in [-0.2, 0) is 6.42 Å². The van der Waals surface area contributed by atoms with Gasteiger partial charge in [0.1, 0.15) is 11.9 Å². The summed E-state index contributed by atoms with van der Waals surface area (Å²) in [4.78, 5) is 0. The summed E-state index contributed by atoms with van der Waals surface area (Å²) >= 11 is 0. The van der Waals surface area contributed by atoms with E-state index in [1.165, 1.54) is 23.1 Å². The van der Waals surface area contributed by atoms with Crippen LogP contribution in [0.2, 0.25) is 0 Å². The van der Waals surface area contributed by atoms with Crippen molar-refractivity contribution in [3.8, 4) is 11.8 Å². The molecule has 0 spiro atoms. The quantitative estimate of drug-likeness (QED) is 0.616. The second-order valence-corrected chi connectivity index (χ2v) is 7.76. The van der Waals surface area contributed by atoms with Gasteiger partial charge >= 0.3 is 0 Å². The number of benzene rings is 2. The molecule has 1 fully saturated rings. The summed E-state index contributed by atoms with van der Waals surface area (Å²) in [5.74, 6) is 1.17. The van der Waals surface area contributed by atoms with E-state index in [4.69, 9.17) is 15.7 Å². The van der Waals surface area contributed by atoms with Gasteiger partial charge in [-0.1, -0.05) is 35.9 Å². The molecular weight excluding hydrogens is 332 g/mol. The van der Waals surface area contributed by atoms with Crippen LogP contribution < -0.4 is 10.5 Å². The van der Waals surface area contributed by atoms with Gasteiger partial charge in [0.15, 0.2) is 0 Å². The van der Waals surface area contributed by atoms with Gasteiger partial charge in [-0.05, 0) is 73.9 Å². The molecule has 4 rings (SSSR count). The van der Waals surface area contributed by atoms with Crippen molar-refractivity contribution in [3.05, 3.63) is 76.9 Å². The Morgan fingerprint density at radius 2 is 1.85 bits per heavy atom. The molecule has 3 heteroatoms. The molecule has 1 saturated carbocycles. The molecule has 0 saturated heterocycles. The van der Waals surface area contributed by atoms with Gasteiger partial charge in [-0.2, -0.15) is 5.26 Å². The molecule has 3 unspecified atom stereocenters. The molecule has 0 aromatic heterocycles. The van der Waals surface area contributed by atoms with Crippen LogP contribution in [0.15, 0.2) is 60.2 Å². The average Bonchev–Trinajstić information content (AvgIpc) is 2.89. The second-order valence-electron chi connectivity index (χ2n) is 7.76. The van der Waals surface area contributed by atoms with Crippen LogP contribution in [0.4, 0.5) is 0 Å². The summed E-state index contributed by atoms with van der Waals surface area (Å²) in [5, 5.41) is 9.00. The molecule has 2 aliphatic rings. The summed E-state index contributed by atoms with van der Waals surface area (Å²) in [5.41, 5.74) is 11.0. The highest BCUT2D eigenvalue weighted by atomic mass is 16.5. The van der Waals surface area contributed by atoms with Crippen molar-refractivity contribution in [2.75, 3.05) is 0 Å². The van der Waals surface area contributed by atoms with Crippen molar-refractivity contribution in [1.82, 2.24) is 0 Å². The molecule has 0 heterocycles. The molecular formula is C24H26N2O. The summed E-state index contributed by atoms with van der Waals surface area (Å²) < 4.78 is 6.43. The van der Waals surface area contributed by atoms with Gasteiger partial charge in [-0.15, -0.1) is 0 Å². The fourth-order valence-corrected chi connectivity index (χ4v) is 4.34. The van der Waals surface area contributed by atoms with E-state index in [-0.39, 0.29) is 6.10 Å². The van der Waals surface area contributed by atoms with Crippen molar-refractivity contribution >= 4 is 0 Å². The molecule has 138 valence electrons. The number of nitriles is 1. The van der Waals surface area contributed by atoms with Crippen LogP contribution in [0.5, 0.6) is 5.75 Å². The van der Waals surface area contributed by atoms with Crippen LogP contribution in [-0.4, -0.2) is 6.04 Å². The SMILES string of the molecule is N#Cc1ccc(OC2c3ccccc3CC2C=C2CCCC(N)CC2)cc1. The Hall–Kier alpha value is -2.57. The summed E-state index contributed by atoms with van der Waals surface area (Å²) in [6.45, 7) is 0. The van der Waals surface area contributed by atoms with Crippen LogP contribution in [0.1, 0.15) is 54.9 Å². The van der Waals surface area contributed by atoms with Gasteiger partial charge in [0, 0.05) is 12.0 Å². The first kappa shape index (κ1) is 17.8. The fraction of sp³-hybridized carbons (Fsp3) is 0.375. The zero-order valence-corrected chi connectivity index (χ0v) is 15.6. The number of fused-ring (bicyclic) bond motifs is 1. The van der Waals surface area contributed by atoms with Gasteiger partial charge in [-0.3, -0.25) is 0 Å². The lowest BCUT2D eigenvalue weighted by atomic mass is 9.96. The van der Waals surface area contributed by atoms with Crippen LogP contribution >= 0.6 is 0 Å². The van der Waals surface area contributed by atoms with Gasteiger partial charge in [0.05, 0.1) is 11.6 Å². The van der Waals surface area contributed by atoms with Crippen LogP contribution in [0.25, 0.3) is 0 Å². The van der Waals surface area contributed by atoms with Crippen molar-refractivity contribution in [2.45, 2.75) is 50.7 Å². The normalized spacial score (nSPS) is 26.2. The summed E-state index contributed by atoms with van der Waals surface area (Å²) in [6.07, 6.45) is 9.19. The minimum Gasteiger partial charge on any atom is -0.485 e. The Morgan fingerprint density at radius 1 is 1.04 bits per heavy atom. The maximum atomic E-state index is 9.00. The number of allylic oxidation sites excluding steroid dienone is 1. The lowest BCUT2D eigenvalue weighted by molar-refractivity contribution is 0.172. The van der Waals surface area contributed by atoms with E-state index >= 15 is 0 Å². The third-order valence-electron chi connectivity index (χ3n) is 5.81. The smallest absolute Gasteiger partial charge is 0.131 e. The predicted octanol–water partition coefficient (Wildman–Crippen LogP) is 5.07. The Bertz CT molecular complexity index is 863. The number of nitrogens with two attached hydrogens (primary N) is 1. The third-order valence-corrected chi connectivity index (χ3v) is 5.81. The standard InChI is InChI=1S/C24H26N2O/c25-16-18-9-12-22(13-10-18)27-24-20(15-19-5-1-2-7-23(19)24)14-17-4-3-6-21(26)11-8-17/h1-2,5,7,9-10,12-14,20-21,24H,3-4,6,8,11,15,26H2. The summed E-state index contributed by atoms with van der Waals surface area (Å²) in [6, 6.07) is 18.5. The van der Waals surface area contributed by atoms with E-state index in [2.05, 4.69) is 36.4 Å². The minimum absolute atomic E-state index is 0.0264. The monoisotopic (exact) mass is 358 g/mol. The first-order chi connectivity index (χ1) is 13.2. The zero-order valence-electron chi connectivity index (χ0n) is 15.6. The number of hydrogen-bond donors (Lipinski definition) is 1. The van der Waals surface area contributed by atoms with Crippen molar-refractivity contribution in [2.24, 2.45) is 11.7 Å². The molecule has 2 aliphatic carbocycles. The first-order valence-electron chi connectivity index (χ1n) is 9.92. The number of hydrogen-bond acceptors (Lipinski definition) is 3. The highest BCUT2D eigenvalue weighted by molar-refractivity contribution is 5.39. The van der Waals surface area contributed by atoms with E-state index < -0.39 is 0 Å². The second kappa shape index (κ2) is 7.98. The van der Waals surface area contributed by atoms with E-state index in [0.717, 1.165) is 37.9 Å². The topological polar surface area (TPSA) is 59.0 Å². The Morgan fingerprint density at radius 3 is 2.67 bits per heavy atom. The highest BCUT2D eigenvalue weighted by Crippen LogP contribution is 2.41. The lowest BCUT2D eigenvalue weighted by Crippen LogP contribution is -2.17. The molecule has 2 aromatic rings. The van der Waals surface area contributed by atoms with Gasteiger partial charge < -0.3 is 10.5 Å². The zero-order chi connectivity index (χ0) is 18.6. The summed E-state index contributed by atoms with van der Waals surface area (Å²) in [7, 11) is 0. The molecule has 3 atom stereocenters. The largest absolute Gasteiger partial charge is 0.485 e. The molecule has 0 bridgehead atoms. The molecule has 0 radical (unpaired) electrons. The average molecular weight is 358 g/mol. The minimum atomic E-state index is 0.0264. The molecule has 0 aliphatic heterocycles. The first-order valence-corrected chi connectivity index (χ1v) is 9.92. The third kappa shape index (κ3) is 4.07. The maximum Gasteiger partial charge on any atom is 0.131 e. The lowest BCUT2D eigenvalue weighted by Gasteiger charge is -2.21. The fourth-order valence-electron chi connectivity index (χ4n) is 4.34. The van der Waals surface area contributed by atoms with Gasteiger partial charge in [0.2, 0.25) is 0 Å². The molecule has 27 heavy (non-hydrogen) atoms. The molecule has 2 N–H and O–H groups in total. The number of nitrogens with zero attached hydrogens (tertiary/aromatic N) is 1. The van der Waals surface area contributed by atoms with Gasteiger partial charge in [0.25, 0.3) is 0 Å². The van der Waals surface area contributed by atoms with Crippen molar-refractivity contribution in [1.29, 1.82) is 5.26 Å².